The number of rotatable bonds is 4. The molecule has 0 unspecified atom stereocenters. The molecule has 1 aromatic heterocycles. The first-order valence-electron chi connectivity index (χ1n) is 8.53. The Labute approximate surface area is 175 Å². The highest BCUT2D eigenvalue weighted by molar-refractivity contribution is 6.31. The Bertz CT molecular complexity index is 1230. The van der Waals surface area contributed by atoms with E-state index in [4.69, 9.17) is 28.9 Å². The molecule has 0 atom stereocenters. The average molecular weight is 431 g/mol. The number of pyridine rings is 1. The fourth-order valence-corrected chi connectivity index (χ4v) is 3.25. The monoisotopic (exact) mass is 430 g/mol. The highest BCUT2D eigenvalue weighted by atomic mass is 35.5. The van der Waals surface area contributed by atoms with E-state index >= 15 is 0 Å². The minimum absolute atomic E-state index is 0.0131. The molecule has 0 bridgehead atoms. The first-order chi connectivity index (χ1) is 13.9. The van der Waals surface area contributed by atoms with E-state index in [1.165, 1.54) is 24.3 Å². The molecule has 0 fully saturated rings. The molecule has 29 heavy (non-hydrogen) atoms. The molecule has 0 spiro atoms. The summed E-state index contributed by atoms with van der Waals surface area (Å²) < 4.78 is 26.8. The lowest BCUT2D eigenvalue weighted by atomic mass is 10.1. The van der Waals surface area contributed by atoms with Crippen molar-refractivity contribution < 1.29 is 8.78 Å². The first kappa shape index (κ1) is 19.2. The molecule has 1 heterocycles. The van der Waals surface area contributed by atoms with Crippen LogP contribution >= 0.6 is 23.2 Å². The number of nitrogens with one attached hydrogen (secondary N) is 2. The zero-order valence-corrected chi connectivity index (χ0v) is 16.3. The summed E-state index contributed by atoms with van der Waals surface area (Å²) in [6.07, 6.45) is 1.64. The highest BCUT2D eigenvalue weighted by Crippen LogP contribution is 2.33. The molecule has 0 aliphatic heterocycles. The summed E-state index contributed by atoms with van der Waals surface area (Å²) in [4.78, 5) is 4.35. The van der Waals surface area contributed by atoms with Crippen molar-refractivity contribution in [2.24, 2.45) is 0 Å². The van der Waals surface area contributed by atoms with Crippen LogP contribution in [0.1, 0.15) is 0 Å². The fraction of sp³-hybridized carbons (Fsp3) is 0. The van der Waals surface area contributed by atoms with Gasteiger partial charge in [-0.25, -0.2) is 13.8 Å². The second kappa shape index (κ2) is 7.73. The number of nitrogen functional groups attached to an aromatic ring is 1. The molecule has 0 aliphatic carbocycles. The van der Waals surface area contributed by atoms with E-state index in [2.05, 4.69) is 15.6 Å². The van der Waals surface area contributed by atoms with Crippen LogP contribution in [-0.2, 0) is 0 Å². The summed E-state index contributed by atoms with van der Waals surface area (Å²) in [5.41, 5.74) is 8.52. The van der Waals surface area contributed by atoms with E-state index in [0.29, 0.717) is 28.6 Å². The number of nitrogens with zero attached hydrogens (tertiary/aromatic N) is 1. The number of aromatic nitrogens is 1. The summed E-state index contributed by atoms with van der Waals surface area (Å²) in [6.45, 7) is 0. The quantitative estimate of drug-likeness (QED) is 0.308. The number of fused-ring (bicyclic) bond motifs is 1. The molecule has 4 nitrogen and oxygen atoms in total. The average Bonchev–Trinajstić information content (AvgIpc) is 2.69. The minimum Gasteiger partial charge on any atom is -0.397 e. The predicted octanol–water partition coefficient (Wildman–Crippen LogP) is 6.89. The molecule has 4 aromatic rings. The van der Waals surface area contributed by atoms with E-state index in [0.717, 1.165) is 10.8 Å². The van der Waals surface area contributed by atoms with Crippen LogP contribution < -0.4 is 16.4 Å². The molecular formula is C21H14Cl2F2N4. The van der Waals surface area contributed by atoms with E-state index < -0.39 is 11.6 Å². The van der Waals surface area contributed by atoms with Gasteiger partial charge in [-0.05, 0) is 60.0 Å². The van der Waals surface area contributed by atoms with Crippen LogP contribution in [0.25, 0.3) is 10.8 Å². The summed E-state index contributed by atoms with van der Waals surface area (Å²) in [5, 5.41) is 7.93. The van der Waals surface area contributed by atoms with E-state index in [1.54, 1.807) is 24.4 Å². The summed E-state index contributed by atoms with van der Waals surface area (Å²) >= 11 is 11.7. The van der Waals surface area contributed by atoms with Gasteiger partial charge in [0, 0.05) is 23.0 Å². The minimum atomic E-state index is -0.496. The Morgan fingerprint density at radius 3 is 2.03 bits per heavy atom. The van der Waals surface area contributed by atoms with Gasteiger partial charge in [0.1, 0.15) is 17.5 Å². The van der Waals surface area contributed by atoms with Crippen LogP contribution in [0.5, 0.6) is 0 Å². The molecule has 0 aliphatic rings. The van der Waals surface area contributed by atoms with Crippen LogP contribution in [0.2, 0.25) is 10.0 Å². The van der Waals surface area contributed by atoms with Crippen LogP contribution in [-0.4, -0.2) is 4.98 Å². The Morgan fingerprint density at radius 2 is 1.41 bits per heavy atom. The number of hydrogen-bond acceptors (Lipinski definition) is 4. The standard InChI is InChI=1S/C21H14Cl2F2N4/c22-15-8-12(1-3-17(15)24)28-20-7-11-5-6-27-21(14(11)10-19(20)26)29-13-2-4-18(25)16(23)9-13/h1-10,28H,26H2,(H,27,29). The smallest absolute Gasteiger partial charge is 0.141 e. The van der Waals surface area contributed by atoms with Crippen molar-refractivity contribution >= 4 is 62.5 Å². The number of benzene rings is 3. The summed E-state index contributed by atoms with van der Waals surface area (Å²) in [6, 6.07) is 14.1. The molecule has 8 heteroatoms. The maximum atomic E-state index is 13.4. The summed E-state index contributed by atoms with van der Waals surface area (Å²) in [5.74, 6) is -0.441. The SMILES string of the molecule is Nc1cc2c(Nc3ccc(F)c(Cl)c3)nccc2cc1Nc1ccc(F)c(Cl)c1. The van der Waals surface area contributed by atoms with E-state index in [-0.39, 0.29) is 10.0 Å². The Morgan fingerprint density at radius 1 is 0.793 bits per heavy atom. The summed E-state index contributed by atoms with van der Waals surface area (Å²) in [7, 11) is 0. The van der Waals surface area contributed by atoms with Gasteiger partial charge in [-0.15, -0.1) is 0 Å². The molecule has 4 N–H and O–H groups in total. The fourth-order valence-electron chi connectivity index (χ4n) is 2.89. The Hall–Kier alpha value is -3.09. The molecule has 3 aromatic carbocycles. The zero-order valence-electron chi connectivity index (χ0n) is 14.8. The van der Waals surface area contributed by atoms with Gasteiger partial charge in [0.15, 0.2) is 0 Å². The molecule has 0 saturated carbocycles. The third-order valence-corrected chi connectivity index (χ3v) is 4.89. The van der Waals surface area contributed by atoms with Crippen molar-refractivity contribution in [1.82, 2.24) is 4.98 Å². The van der Waals surface area contributed by atoms with Gasteiger partial charge in [0.2, 0.25) is 0 Å². The number of hydrogen-bond donors (Lipinski definition) is 3. The van der Waals surface area contributed by atoms with E-state index in [9.17, 15) is 8.78 Å². The topological polar surface area (TPSA) is 63.0 Å². The Balaban J connectivity index is 1.69. The molecule has 0 saturated heterocycles. The maximum Gasteiger partial charge on any atom is 0.141 e. The van der Waals surface area contributed by atoms with Gasteiger partial charge in [-0.1, -0.05) is 23.2 Å². The van der Waals surface area contributed by atoms with Crippen LogP contribution in [0.15, 0.2) is 60.8 Å². The van der Waals surface area contributed by atoms with Crippen molar-refractivity contribution in [3.05, 3.63) is 82.5 Å². The van der Waals surface area contributed by atoms with Gasteiger partial charge >= 0.3 is 0 Å². The second-order valence-corrected chi connectivity index (χ2v) is 7.14. The normalized spacial score (nSPS) is 10.9. The van der Waals surface area contributed by atoms with Crippen molar-refractivity contribution in [1.29, 1.82) is 0 Å². The van der Waals surface area contributed by atoms with Crippen LogP contribution in [0.3, 0.4) is 0 Å². The maximum absolute atomic E-state index is 13.4. The molecular weight excluding hydrogens is 417 g/mol. The van der Waals surface area contributed by atoms with Crippen LogP contribution in [0, 0.1) is 11.6 Å². The largest absolute Gasteiger partial charge is 0.397 e. The molecule has 0 radical (unpaired) electrons. The molecule has 0 amide bonds. The zero-order chi connectivity index (χ0) is 20.5. The van der Waals surface area contributed by atoms with Gasteiger partial charge in [-0.3, -0.25) is 0 Å². The first-order valence-corrected chi connectivity index (χ1v) is 9.29. The Kier molecular flexibility index (Phi) is 5.13. The third-order valence-electron chi connectivity index (χ3n) is 4.32. The molecule has 146 valence electrons. The highest BCUT2D eigenvalue weighted by Gasteiger charge is 2.10. The predicted molar refractivity (Wildman–Crippen MR) is 116 cm³/mol. The second-order valence-electron chi connectivity index (χ2n) is 6.33. The van der Waals surface area contributed by atoms with Gasteiger partial charge < -0.3 is 16.4 Å². The number of nitrogens with two attached hydrogens (primary N) is 1. The van der Waals surface area contributed by atoms with E-state index in [1.807, 2.05) is 12.1 Å². The van der Waals surface area contributed by atoms with Crippen molar-refractivity contribution in [2.75, 3.05) is 16.4 Å². The number of anilines is 5. The van der Waals surface area contributed by atoms with Crippen LogP contribution in [0.4, 0.5) is 37.3 Å². The van der Waals surface area contributed by atoms with Gasteiger partial charge in [0.25, 0.3) is 0 Å². The van der Waals surface area contributed by atoms with Crippen molar-refractivity contribution in [3.8, 4) is 0 Å². The molecule has 4 rings (SSSR count). The lowest BCUT2D eigenvalue weighted by Crippen LogP contribution is -1.99. The number of halogens is 4. The van der Waals surface area contributed by atoms with Gasteiger partial charge in [0.05, 0.1) is 21.4 Å². The third kappa shape index (κ3) is 4.04. The van der Waals surface area contributed by atoms with Crippen molar-refractivity contribution in [3.63, 3.8) is 0 Å². The lowest BCUT2D eigenvalue weighted by Gasteiger charge is -2.14. The van der Waals surface area contributed by atoms with Crippen molar-refractivity contribution in [2.45, 2.75) is 0 Å². The van der Waals surface area contributed by atoms with Gasteiger partial charge in [-0.2, -0.15) is 0 Å². The lowest BCUT2D eigenvalue weighted by molar-refractivity contribution is 0.628.